The van der Waals surface area contributed by atoms with Crippen LogP contribution in [0.1, 0.15) is 36.9 Å². The summed E-state index contributed by atoms with van der Waals surface area (Å²) in [5.41, 5.74) is -1.17. The van der Waals surface area contributed by atoms with Crippen molar-refractivity contribution in [3.8, 4) is 0 Å². The summed E-state index contributed by atoms with van der Waals surface area (Å²) in [5, 5.41) is 2.38. The molecular formula is C24H25N5O8. The van der Waals surface area contributed by atoms with Crippen LogP contribution < -0.4 is 16.6 Å². The summed E-state index contributed by atoms with van der Waals surface area (Å²) < 4.78 is 19.0. The summed E-state index contributed by atoms with van der Waals surface area (Å²) in [5.74, 6) is -1.85. The highest BCUT2D eigenvalue weighted by Gasteiger charge is 2.42. The van der Waals surface area contributed by atoms with Crippen LogP contribution in [-0.4, -0.2) is 55.8 Å². The van der Waals surface area contributed by atoms with Gasteiger partial charge in [0, 0.05) is 26.8 Å². The average Bonchev–Trinajstić information content (AvgIpc) is 3.35. The van der Waals surface area contributed by atoms with Gasteiger partial charge >= 0.3 is 17.6 Å². The van der Waals surface area contributed by atoms with E-state index in [9.17, 15) is 24.0 Å². The molecule has 0 radical (unpaired) electrons. The summed E-state index contributed by atoms with van der Waals surface area (Å²) in [6.45, 7) is 5.87. The van der Waals surface area contributed by atoms with E-state index in [0.29, 0.717) is 5.56 Å². The first-order chi connectivity index (χ1) is 17.7. The van der Waals surface area contributed by atoms with Gasteiger partial charge in [0.25, 0.3) is 5.56 Å². The Morgan fingerprint density at radius 3 is 2.62 bits per heavy atom. The first kappa shape index (κ1) is 25.6. The van der Waals surface area contributed by atoms with Crippen molar-refractivity contribution in [2.45, 2.75) is 45.2 Å². The molecule has 1 aliphatic rings. The maximum Gasteiger partial charge on any atom is 0.338 e. The van der Waals surface area contributed by atoms with Gasteiger partial charge in [-0.05, 0) is 12.1 Å². The van der Waals surface area contributed by atoms with Crippen LogP contribution in [0.5, 0.6) is 0 Å². The molecule has 4 rings (SSSR count). The number of rotatable bonds is 8. The molecule has 0 saturated carbocycles. The molecule has 1 aromatic carbocycles. The van der Waals surface area contributed by atoms with Crippen molar-refractivity contribution < 1.29 is 28.6 Å². The smallest absolute Gasteiger partial charge is 0.338 e. The minimum atomic E-state index is -1.19. The number of nitrogens with zero attached hydrogens (tertiary/aromatic N) is 3. The molecule has 13 nitrogen and oxygen atoms in total. The van der Waals surface area contributed by atoms with E-state index in [1.54, 1.807) is 30.3 Å². The predicted molar refractivity (Wildman–Crippen MR) is 130 cm³/mol. The zero-order valence-corrected chi connectivity index (χ0v) is 20.1. The number of fused-ring (bicyclic) bond motifs is 1. The normalized spacial score (nSPS) is 18.9. The van der Waals surface area contributed by atoms with Gasteiger partial charge in [-0.25, -0.2) is 14.2 Å². The van der Waals surface area contributed by atoms with Gasteiger partial charge in [0.2, 0.25) is 11.9 Å². The summed E-state index contributed by atoms with van der Waals surface area (Å²) >= 11 is 0. The fourth-order valence-electron chi connectivity index (χ4n) is 4.13. The first-order valence-electron chi connectivity index (χ1n) is 11.4. The number of aromatic amines is 1. The van der Waals surface area contributed by atoms with E-state index >= 15 is 0 Å². The van der Waals surface area contributed by atoms with Gasteiger partial charge in [-0.2, -0.15) is 4.98 Å². The number of benzene rings is 1. The second-order valence-electron chi connectivity index (χ2n) is 8.32. The zero-order chi connectivity index (χ0) is 26.7. The molecule has 1 fully saturated rings. The Labute approximate surface area is 209 Å². The maximum atomic E-state index is 13.4. The Kier molecular flexibility index (Phi) is 7.34. The van der Waals surface area contributed by atoms with Crippen LogP contribution in [-0.2, 0) is 30.3 Å². The van der Waals surface area contributed by atoms with Crippen LogP contribution in [0.15, 0.2) is 52.6 Å². The molecule has 0 spiro atoms. The topological polar surface area (TPSA) is 164 Å². The van der Waals surface area contributed by atoms with Crippen LogP contribution >= 0.6 is 0 Å². The molecule has 1 saturated heterocycles. The van der Waals surface area contributed by atoms with E-state index in [0.717, 1.165) is 9.13 Å². The molecule has 0 aliphatic carbocycles. The molecule has 3 heterocycles. The first-order valence-corrected chi connectivity index (χ1v) is 11.4. The van der Waals surface area contributed by atoms with Crippen LogP contribution in [0, 0.1) is 0 Å². The van der Waals surface area contributed by atoms with Crippen molar-refractivity contribution in [3.63, 3.8) is 0 Å². The molecule has 3 aromatic rings. The fourth-order valence-corrected chi connectivity index (χ4v) is 4.13. The largest absolute Gasteiger partial charge is 0.459 e. The number of anilines is 1. The van der Waals surface area contributed by atoms with Gasteiger partial charge < -0.3 is 14.2 Å². The molecule has 3 atom stereocenters. The van der Waals surface area contributed by atoms with Crippen LogP contribution in [0.4, 0.5) is 5.95 Å². The summed E-state index contributed by atoms with van der Waals surface area (Å²) in [7, 11) is 0. The SMILES string of the molecule is C=CCn1c(=O)n([C@H]2O[C@H](COC(=O)c3ccccc3)C[C@H]2OC(C)=O)c2nc(NC(C)=O)[nH]c(=O)c21. The lowest BCUT2D eigenvalue weighted by Crippen LogP contribution is -2.33. The van der Waals surface area contributed by atoms with Crippen molar-refractivity contribution in [3.05, 3.63) is 69.4 Å². The number of aromatic nitrogens is 4. The number of carbonyl (C=O) groups is 3. The quantitative estimate of drug-likeness (QED) is 0.333. The maximum absolute atomic E-state index is 13.4. The number of allylic oxidation sites excluding steroid dienone is 1. The molecule has 1 amide bonds. The number of hydrogen-bond acceptors (Lipinski definition) is 9. The van der Waals surface area contributed by atoms with Gasteiger partial charge in [-0.3, -0.25) is 29.3 Å². The zero-order valence-electron chi connectivity index (χ0n) is 20.1. The van der Waals surface area contributed by atoms with Crippen molar-refractivity contribution in [1.82, 2.24) is 19.1 Å². The number of H-pyrrole nitrogens is 1. The summed E-state index contributed by atoms with van der Waals surface area (Å²) in [6, 6.07) is 8.37. The van der Waals surface area contributed by atoms with E-state index in [-0.39, 0.29) is 36.7 Å². The molecule has 0 unspecified atom stereocenters. The van der Waals surface area contributed by atoms with Gasteiger partial charge in [0.05, 0.1) is 11.7 Å². The molecule has 13 heteroatoms. The third-order valence-electron chi connectivity index (χ3n) is 5.54. The lowest BCUT2D eigenvalue weighted by atomic mass is 10.2. The summed E-state index contributed by atoms with van der Waals surface area (Å²) in [6.07, 6.45) is -1.34. The number of imidazole rings is 1. The van der Waals surface area contributed by atoms with Crippen molar-refractivity contribution in [2.24, 2.45) is 0 Å². The van der Waals surface area contributed by atoms with E-state index < -0.39 is 47.5 Å². The molecule has 2 aromatic heterocycles. The number of amides is 1. The lowest BCUT2D eigenvalue weighted by molar-refractivity contribution is -0.152. The van der Waals surface area contributed by atoms with E-state index in [2.05, 4.69) is 21.9 Å². The highest BCUT2D eigenvalue weighted by Crippen LogP contribution is 2.32. The highest BCUT2D eigenvalue weighted by atomic mass is 16.6. The van der Waals surface area contributed by atoms with E-state index in [1.165, 1.54) is 19.9 Å². The minimum absolute atomic E-state index is 0.0182. The van der Waals surface area contributed by atoms with Gasteiger partial charge in [0.1, 0.15) is 12.7 Å². The van der Waals surface area contributed by atoms with E-state index in [1.807, 2.05) is 0 Å². The van der Waals surface area contributed by atoms with Gasteiger partial charge in [-0.15, -0.1) is 6.58 Å². The Hall–Kier alpha value is -4.52. The highest BCUT2D eigenvalue weighted by molar-refractivity contribution is 5.89. The Morgan fingerprint density at radius 2 is 1.97 bits per heavy atom. The predicted octanol–water partition coefficient (Wildman–Crippen LogP) is 1.11. The number of carbonyl (C=O) groups excluding carboxylic acids is 3. The minimum Gasteiger partial charge on any atom is -0.459 e. The van der Waals surface area contributed by atoms with Gasteiger partial charge in [0.15, 0.2) is 17.4 Å². The average molecular weight is 511 g/mol. The lowest BCUT2D eigenvalue weighted by Gasteiger charge is -2.19. The third kappa shape index (κ3) is 5.35. The standard InChI is InChI=1S/C24H25N5O8/c1-4-10-28-18-19(26-23(25-13(2)30)27-20(18)32)29(24(28)34)21-17(36-14(3)31)11-16(37-21)12-35-22(33)15-8-6-5-7-9-15/h4-9,16-17,21H,1,10-12H2,2-3H3,(H2,25,26,27,30,32)/t16-,17+,21-/m0/s1. The van der Waals surface area contributed by atoms with Crippen LogP contribution in [0.3, 0.4) is 0 Å². The fraction of sp³-hybridized carbons (Fsp3) is 0.333. The Bertz CT molecular complexity index is 1470. The Morgan fingerprint density at radius 1 is 1.24 bits per heavy atom. The Balaban J connectivity index is 1.72. The molecule has 37 heavy (non-hydrogen) atoms. The second-order valence-corrected chi connectivity index (χ2v) is 8.32. The molecule has 1 aliphatic heterocycles. The molecule has 2 N–H and O–H groups in total. The van der Waals surface area contributed by atoms with Crippen LogP contribution in [0.25, 0.3) is 11.2 Å². The number of ether oxygens (including phenoxy) is 3. The van der Waals surface area contributed by atoms with E-state index in [4.69, 9.17) is 14.2 Å². The monoisotopic (exact) mass is 511 g/mol. The van der Waals surface area contributed by atoms with Crippen molar-refractivity contribution in [2.75, 3.05) is 11.9 Å². The molecule has 0 bridgehead atoms. The van der Waals surface area contributed by atoms with Crippen molar-refractivity contribution in [1.29, 1.82) is 0 Å². The third-order valence-corrected chi connectivity index (χ3v) is 5.54. The van der Waals surface area contributed by atoms with Gasteiger partial charge in [-0.1, -0.05) is 24.3 Å². The number of nitrogens with one attached hydrogen (secondary N) is 2. The summed E-state index contributed by atoms with van der Waals surface area (Å²) in [4.78, 5) is 68.7. The number of hydrogen-bond donors (Lipinski definition) is 2. The van der Waals surface area contributed by atoms with Crippen LogP contribution in [0.2, 0.25) is 0 Å². The molecular weight excluding hydrogens is 486 g/mol. The second kappa shape index (κ2) is 10.6. The number of esters is 2. The van der Waals surface area contributed by atoms with Crippen molar-refractivity contribution >= 4 is 35.0 Å². The molecule has 194 valence electrons.